The highest BCUT2D eigenvalue weighted by Gasteiger charge is 2.25. The second-order valence-electron chi connectivity index (χ2n) is 8.92. The molecule has 186 valence electrons. The van der Waals surface area contributed by atoms with Gasteiger partial charge in [-0.05, 0) is 92.7 Å². The molecule has 6 heteroatoms. The van der Waals surface area contributed by atoms with Crippen LogP contribution in [0.15, 0.2) is 89.8 Å². The van der Waals surface area contributed by atoms with Gasteiger partial charge in [0, 0.05) is 22.5 Å². The summed E-state index contributed by atoms with van der Waals surface area (Å²) < 4.78 is 13.1. The van der Waals surface area contributed by atoms with Gasteiger partial charge in [-0.25, -0.2) is 4.39 Å². The SMILES string of the molecule is O=C(/C=C/c1ccccc1)Nc1ccccc1SCCCN1CCC(C(=O)c2ccc(F)cc2)CC1. The monoisotopic (exact) mass is 502 g/mol. The van der Waals surface area contributed by atoms with Gasteiger partial charge in [0.2, 0.25) is 5.91 Å². The lowest BCUT2D eigenvalue weighted by Crippen LogP contribution is -2.37. The standard InChI is InChI=1S/C30H31FN2O2S/c31-26-14-12-24(13-15-26)30(35)25-17-20-33(21-18-25)19-6-22-36-28-10-5-4-9-27(28)32-29(34)16-11-23-7-2-1-3-8-23/h1-5,7-16,25H,6,17-22H2,(H,32,34)/b16-11+. The van der Waals surface area contributed by atoms with E-state index in [1.807, 2.05) is 60.7 Å². The first-order chi connectivity index (χ1) is 17.6. The molecule has 3 aromatic rings. The van der Waals surface area contributed by atoms with Crippen molar-refractivity contribution in [2.75, 3.05) is 30.7 Å². The summed E-state index contributed by atoms with van der Waals surface area (Å²) in [6.45, 7) is 2.80. The van der Waals surface area contributed by atoms with Crippen molar-refractivity contribution in [3.8, 4) is 0 Å². The van der Waals surface area contributed by atoms with Gasteiger partial charge in [0.15, 0.2) is 5.78 Å². The van der Waals surface area contributed by atoms with E-state index in [4.69, 9.17) is 0 Å². The van der Waals surface area contributed by atoms with E-state index in [-0.39, 0.29) is 23.4 Å². The molecule has 0 bridgehead atoms. The molecule has 1 fully saturated rings. The number of likely N-dealkylation sites (tertiary alicyclic amines) is 1. The van der Waals surface area contributed by atoms with Crippen LogP contribution in [0.3, 0.4) is 0 Å². The van der Waals surface area contributed by atoms with Crippen LogP contribution >= 0.6 is 11.8 Å². The van der Waals surface area contributed by atoms with Crippen molar-refractivity contribution >= 4 is 35.2 Å². The third-order valence-corrected chi connectivity index (χ3v) is 7.49. The number of Topliss-reactive ketones (excluding diaryl/α,β-unsaturated/α-hetero) is 1. The van der Waals surface area contributed by atoms with E-state index < -0.39 is 0 Å². The molecular weight excluding hydrogens is 471 g/mol. The molecule has 0 radical (unpaired) electrons. The fraction of sp³-hybridized carbons (Fsp3) is 0.267. The highest BCUT2D eigenvalue weighted by atomic mass is 32.2. The minimum Gasteiger partial charge on any atom is -0.321 e. The molecule has 1 aliphatic heterocycles. The Bertz CT molecular complexity index is 1170. The highest BCUT2D eigenvalue weighted by molar-refractivity contribution is 7.99. The lowest BCUT2D eigenvalue weighted by Gasteiger charge is -2.31. The van der Waals surface area contributed by atoms with Crippen LogP contribution in [0.2, 0.25) is 0 Å². The van der Waals surface area contributed by atoms with E-state index >= 15 is 0 Å². The fourth-order valence-electron chi connectivity index (χ4n) is 4.35. The fourth-order valence-corrected chi connectivity index (χ4v) is 5.29. The first-order valence-electron chi connectivity index (χ1n) is 12.4. The lowest BCUT2D eigenvalue weighted by molar-refractivity contribution is -0.111. The minimum atomic E-state index is -0.316. The number of para-hydroxylation sites is 1. The Morgan fingerprint density at radius 2 is 1.64 bits per heavy atom. The van der Waals surface area contributed by atoms with Crippen LogP contribution in [0.4, 0.5) is 10.1 Å². The van der Waals surface area contributed by atoms with Crippen molar-refractivity contribution in [2.45, 2.75) is 24.2 Å². The van der Waals surface area contributed by atoms with Crippen molar-refractivity contribution in [1.29, 1.82) is 0 Å². The van der Waals surface area contributed by atoms with Crippen LogP contribution in [-0.2, 0) is 4.79 Å². The smallest absolute Gasteiger partial charge is 0.248 e. The molecule has 36 heavy (non-hydrogen) atoms. The number of hydrogen-bond acceptors (Lipinski definition) is 4. The van der Waals surface area contributed by atoms with Crippen LogP contribution in [-0.4, -0.2) is 42.0 Å². The second kappa shape index (κ2) is 13.2. The van der Waals surface area contributed by atoms with Crippen molar-refractivity contribution < 1.29 is 14.0 Å². The molecule has 0 atom stereocenters. The Morgan fingerprint density at radius 3 is 2.39 bits per heavy atom. The molecule has 1 aliphatic rings. The number of anilines is 1. The summed E-state index contributed by atoms with van der Waals surface area (Å²) in [4.78, 5) is 28.5. The summed E-state index contributed by atoms with van der Waals surface area (Å²) >= 11 is 1.75. The van der Waals surface area contributed by atoms with Crippen molar-refractivity contribution in [2.24, 2.45) is 5.92 Å². The topological polar surface area (TPSA) is 49.4 Å². The van der Waals surface area contributed by atoms with E-state index in [0.717, 1.165) is 60.8 Å². The molecule has 1 heterocycles. The quantitative estimate of drug-likeness (QED) is 0.148. The molecular formula is C30H31FN2O2S. The largest absolute Gasteiger partial charge is 0.321 e. The predicted octanol–water partition coefficient (Wildman–Crippen LogP) is 6.55. The molecule has 0 aromatic heterocycles. The van der Waals surface area contributed by atoms with E-state index in [1.54, 1.807) is 30.0 Å². The summed E-state index contributed by atoms with van der Waals surface area (Å²) in [7, 11) is 0. The Hall–Kier alpha value is -3.22. The van der Waals surface area contributed by atoms with E-state index in [9.17, 15) is 14.0 Å². The molecule has 0 spiro atoms. The first kappa shape index (κ1) is 25.9. The molecule has 1 saturated heterocycles. The number of hydrogen-bond donors (Lipinski definition) is 1. The third kappa shape index (κ3) is 7.64. The number of carbonyl (C=O) groups excluding carboxylic acids is 2. The number of nitrogens with one attached hydrogen (secondary N) is 1. The molecule has 0 saturated carbocycles. The zero-order valence-electron chi connectivity index (χ0n) is 20.2. The van der Waals surface area contributed by atoms with Gasteiger partial charge in [0.05, 0.1) is 5.69 Å². The normalized spacial score (nSPS) is 14.7. The van der Waals surface area contributed by atoms with Crippen LogP contribution in [0.1, 0.15) is 35.2 Å². The molecule has 1 amide bonds. The van der Waals surface area contributed by atoms with Gasteiger partial charge in [0.1, 0.15) is 5.82 Å². The number of amides is 1. The average Bonchev–Trinajstić information content (AvgIpc) is 2.92. The van der Waals surface area contributed by atoms with E-state index in [0.29, 0.717) is 5.56 Å². The van der Waals surface area contributed by atoms with Crippen LogP contribution in [0, 0.1) is 11.7 Å². The molecule has 0 aliphatic carbocycles. The second-order valence-corrected chi connectivity index (χ2v) is 10.1. The number of rotatable bonds is 10. The zero-order chi connectivity index (χ0) is 25.2. The van der Waals surface area contributed by atoms with Gasteiger partial charge < -0.3 is 10.2 Å². The minimum absolute atomic E-state index is 0.0208. The zero-order valence-corrected chi connectivity index (χ0v) is 21.1. The molecule has 3 aromatic carbocycles. The Balaban J connectivity index is 1.19. The Labute approximate surface area is 216 Å². The number of halogens is 1. The maximum atomic E-state index is 13.1. The summed E-state index contributed by atoms with van der Waals surface area (Å²) in [5.41, 5.74) is 2.41. The summed E-state index contributed by atoms with van der Waals surface area (Å²) in [5.74, 6) is 0.630. The van der Waals surface area contributed by atoms with Crippen molar-refractivity contribution in [1.82, 2.24) is 4.90 Å². The molecule has 0 unspecified atom stereocenters. The number of piperidine rings is 1. The van der Waals surface area contributed by atoms with Gasteiger partial charge >= 0.3 is 0 Å². The van der Waals surface area contributed by atoms with Crippen LogP contribution in [0.25, 0.3) is 6.08 Å². The first-order valence-corrected chi connectivity index (χ1v) is 13.3. The van der Waals surface area contributed by atoms with Gasteiger partial charge in [-0.2, -0.15) is 0 Å². The third-order valence-electron chi connectivity index (χ3n) is 6.34. The number of thioether (sulfide) groups is 1. The Morgan fingerprint density at radius 1 is 0.944 bits per heavy atom. The van der Waals surface area contributed by atoms with Crippen LogP contribution < -0.4 is 5.32 Å². The summed E-state index contributed by atoms with van der Waals surface area (Å²) in [6.07, 6.45) is 6.07. The predicted molar refractivity (Wildman–Crippen MR) is 146 cm³/mol. The van der Waals surface area contributed by atoms with Crippen molar-refractivity contribution in [3.63, 3.8) is 0 Å². The molecule has 1 N–H and O–H groups in total. The number of ketones is 1. The van der Waals surface area contributed by atoms with Gasteiger partial charge in [-0.3, -0.25) is 9.59 Å². The number of nitrogens with zero attached hydrogens (tertiary/aromatic N) is 1. The maximum Gasteiger partial charge on any atom is 0.248 e. The molecule has 4 rings (SSSR count). The molecule has 4 nitrogen and oxygen atoms in total. The lowest BCUT2D eigenvalue weighted by atomic mass is 9.89. The number of carbonyl (C=O) groups is 2. The van der Waals surface area contributed by atoms with Crippen molar-refractivity contribution in [3.05, 3.63) is 102 Å². The van der Waals surface area contributed by atoms with E-state index in [1.165, 1.54) is 12.1 Å². The summed E-state index contributed by atoms with van der Waals surface area (Å²) in [6, 6.07) is 23.5. The highest BCUT2D eigenvalue weighted by Crippen LogP contribution is 2.28. The Kier molecular flexibility index (Phi) is 9.47. The number of benzene rings is 3. The van der Waals surface area contributed by atoms with Gasteiger partial charge in [-0.15, -0.1) is 11.8 Å². The van der Waals surface area contributed by atoms with Gasteiger partial charge in [-0.1, -0.05) is 42.5 Å². The van der Waals surface area contributed by atoms with E-state index in [2.05, 4.69) is 10.2 Å². The maximum absolute atomic E-state index is 13.1. The average molecular weight is 503 g/mol. The summed E-state index contributed by atoms with van der Waals surface area (Å²) in [5, 5.41) is 2.99. The van der Waals surface area contributed by atoms with Crippen LogP contribution in [0.5, 0.6) is 0 Å². The van der Waals surface area contributed by atoms with Gasteiger partial charge in [0.25, 0.3) is 0 Å².